The number of nitrogens with two attached hydrogens (primary N) is 1. The Bertz CT molecular complexity index is 915. The Labute approximate surface area is 162 Å². The monoisotopic (exact) mass is 382 g/mol. The zero-order valence-electron chi connectivity index (χ0n) is 14.3. The van der Waals surface area contributed by atoms with Crippen molar-refractivity contribution in [3.8, 4) is 0 Å². The minimum atomic E-state index is -0.406. The van der Waals surface area contributed by atoms with E-state index in [2.05, 4.69) is 5.32 Å². The van der Waals surface area contributed by atoms with Gasteiger partial charge >= 0.3 is 0 Å². The summed E-state index contributed by atoms with van der Waals surface area (Å²) in [5.41, 5.74) is 9.16. The maximum atomic E-state index is 13.1. The zero-order valence-corrected chi connectivity index (χ0v) is 15.8. The number of anilines is 2. The number of hydrogen-bond donors (Lipinski definition) is 2. The average Bonchev–Trinajstić information content (AvgIpc) is 2.63. The molecule has 26 heavy (non-hydrogen) atoms. The number of nitrogens with one attached hydrogen (secondary N) is 1. The van der Waals surface area contributed by atoms with Crippen LogP contribution in [0.25, 0.3) is 0 Å². The van der Waals surface area contributed by atoms with Crippen LogP contribution in [0.4, 0.5) is 11.4 Å². The summed E-state index contributed by atoms with van der Waals surface area (Å²) in [6.45, 7) is 1.94. The zero-order chi connectivity index (χ0) is 18.5. The second-order valence-corrected chi connectivity index (χ2v) is 7.54. The fraction of sp³-hybridized carbons (Fsp3) is 0.0952. The molecular weight excluding hydrogens is 364 g/mol. The molecular formula is C21H19ClN2OS. The maximum Gasteiger partial charge on any atom is 0.242 e. The minimum Gasteiger partial charge on any atom is -0.399 e. The lowest BCUT2D eigenvalue weighted by atomic mass is 10.1. The van der Waals surface area contributed by atoms with Gasteiger partial charge in [0.2, 0.25) is 5.91 Å². The molecule has 0 aromatic heterocycles. The standard InChI is InChI=1S/C21H19ClN2OS/c1-14-10-11-16(22)12-19(14)24-21(25)20(15-6-3-2-4-7-15)26-18-9-5-8-17(23)13-18/h2-13,20H,23H2,1H3,(H,24,25). The molecule has 1 atom stereocenters. The molecule has 3 aromatic rings. The van der Waals surface area contributed by atoms with Gasteiger partial charge in [-0.3, -0.25) is 4.79 Å². The molecule has 0 aliphatic heterocycles. The van der Waals surface area contributed by atoms with Gasteiger partial charge in [-0.2, -0.15) is 0 Å². The summed E-state index contributed by atoms with van der Waals surface area (Å²) in [7, 11) is 0. The molecule has 1 unspecified atom stereocenters. The highest BCUT2D eigenvalue weighted by Gasteiger charge is 2.22. The summed E-state index contributed by atoms with van der Waals surface area (Å²) < 4.78 is 0. The lowest BCUT2D eigenvalue weighted by molar-refractivity contribution is -0.115. The Hall–Kier alpha value is -2.43. The summed E-state index contributed by atoms with van der Waals surface area (Å²) in [5.74, 6) is -0.103. The molecule has 0 aliphatic rings. The quantitative estimate of drug-likeness (QED) is 0.439. The Morgan fingerprint density at radius 1 is 1.04 bits per heavy atom. The second kappa shape index (κ2) is 8.30. The van der Waals surface area contributed by atoms with Gasteiger partial charge in [0.25, 0.3) is 0 Å². The number of halogens is 1. The first-order chi connectivity index (χ1) is 12.5. The third kappa shape index (κ3) is 4.59. The topological polar surface area (TPSA) is 55.1 Å². The van der Waals surface area contributed by atoms with Crippen molar-refractivity contribution in [1.29, 1.82) is 0 Å². The van der Waals surface area contributed by atoms with E-state index in [1.165, 1.54) is 11.8 Å². The van der Waals surface area contributed by atoms with Crippen molar-refractivity contribution in [2.45, 2.75) is 17.1 Å². The van der Waals surface area contributed by atoms with Crippen LogP contribution in [0.2, 0.25) is 5.02 Å². The smallest absolute Gasteiger partial charge is 0.242 e. The van der Waals surface area contributed by atoms with Gasteiger partial charge in [0, 0.05) is 21.3 Å². The average molecular weight is 383 g/mol. The van der Waals surface area contributed by atoms with Crippen LogP contribution in [0.1, 0.15) is 16.4 Å². The molecule has 1 amide bonds. The third-order valence-corrected chi connectivity index (χ3v) is 5.39. The Balaban J connectivity index is 1.90. The number of rotatable bonds is 5. The van der Waals surface area contributed by atoms with Gasteiger partial charge in [0.15, 0.2) is 0 Å². The number of thioether (sulfide) groups is 1. The van der Waals surface area contributed by atoms with Crippen molar-refractivity contribution >= 4 is 40.6 Å². The molecule has 0 saturated heterocycles. The molecule has 5 heteroatoms. The lowest BCUT2D eigenvalue weighted by Gasteiger charge is -2.18. The summed E-state index contributed by atoms with van der Waals surface area (Å²) >= 11 is 7.54. The van der Waals surface area contributed by atoms with Crippen molar-refractivity contribution < 1.29 is 4.79 Å². The minimum absolute atomic E-state index is 0.103. The van der Waals surface area contributed by atoms with E-state index in [4.69, 9.17) is 17.3 Å². The summed E-state index contributed by atoms with van der Waals surface area (Å²) in [4.78, 5) is 14.0. The van der Waals surface area contributed by atoms with E-state index in [0.29, 0.717) is 10.7 Å². The number of nitrogen functional groups attached to an aromatic ring is 1. The molecule has 0 bridgehead atoms. The Morgan fingerprint density at radius 3 is 2.54 bits per heavy atom. The molecule has 3 nitrogen and oxygen atoms in total. The molecule has 0 saturated carbocycles. The van der Waals surface area contributed by atoms with E-state index in [-0.39, 0.29) is 5.91 Å². The first-order valence-corrected chi connectivity index (χ1v) is 9.43. The van der Waals surface area contributed by atoms with Crippen LogP contribution in [0.15, 0.2) is 77.7 Å². The highest BCUT2D eigenvalue weighted by molar-refractivity contribution is 8.00. The molecule has 3 rings (SSSR count). The van der Waals surface area contributed by atoms with Gasteiger partial charge in [-0.1, -0.05) is 54.1 Å². The van der Waals surface area contributed by atoms with Gasteiger partial charge in [0.05, 0.1) is 0 Å². The summed E-state index contributed by atoms with van der Waals surface area (Å²) in [5, 5.41) is 3.19. The number of hydrogen-bond acceptors (Lipinski definition) is 3. The number of benzene rings is 3. The van der Waals surface area contributed by atoms with Crippen LogP contribution in [0, 0.1) is 6.92 Å². The van der Waals surface area contributed by atoms with Gasteiger partial charge in [0.1, 0.15) is 5.25 Å². The highest BCUT2D eigenvalue weighted by atomic mass is 35.5. The highest BCUT2D eigenvalue weighted by Crippen LogP contribution is 2.37. The van der Waals surface area contributed by atoms with Gasteiger partial charge in [-0.25, -0.2) is 0 Å². The number of aryl methyl sites for hydroxylation is 1. The summed E-state index contributed by atoms with van der Waals surface area (Å²) in [6, 6.07) is 22.7. The van der Waals surface area contributed by atoms with Crippen LogP contribution >= 0.6 is 23.4 Å². The number of amides is 1. The van der Waals surface area contributed by atoms with Crippen LogP contribution in [0.3, 0.4) is 0 Å². The summed E-state index contributed by atoms with van der Waals surface area (Å²) in [6.07, 6.45) is 0. The third-order valence-electron chi connectivity index (χ3n) is 3.91. The van der Waals surface area contributed by atoms with E-state index in [9.17, 15) is 4.79 Å². The van der Waals surface area contributed by atoms with Gasteiger partial charge in [-0.05, 0) is 48.4 Å². The maximum absolute atomic E-state index is 13.1. The molecule has 3 N–H and O–H groups in total. The lowest BCUT2D eigenvalue weighted by Crippen LogP contribution is -2.19. The number of carbonyl (C=O) groups is 1. The number of carbonyl (C=O) groups excluding carboxylic acids is 1. The SMILES string of the molecule is Cc1ccc(Cl)cc1NC(=O)C(Sc1cccc(N)c1)c1ccccc1. The molecule has 0 heterocycles. The van der Waals surface area contributed by atoms with Crippen LogP contribution < -0.4 is 11.1 Å². The van der Waals surface area contributed by atoms with E-state index >= 15 is 0 Å². The normalized spacial score (nSPS) is 11.8. The van der Waals surface area contributed by atoms with Crippen LogP contribution in [-0.4, -0.2) is 5.91 Å². The van der Waals surface area contributed by atoms with E-state index < -0.39 is 5.25 Å². The van der Waals surface area contributed by atoms with Crippen molar-refractivity contribution in [3.05, 3.63) is 88.9 Å². The van der Waals surface area contributed by atoms with E-state index in [1.807, 2.05) is 73.7 Å². The van der Waals surface area contributed by atoms with Crippen LogP contribution in [0.5, 0.6) is 0 Å². The van der Waals surface area contributed by atoms with Crippen LogP contribution in [-0.2, 0) is 4.79 Å². The van der Waals surface area contributed by atoms with E-state index in [1.54, 1.807) is 6.07 Å². The largest absolute Gasteiger partial charge is 0.399 e. The predicted octanol–water partition coefficient (Wildman–Crippen LogP) is 5.70. The molecule has 3 aromatic carbocycles. The first-order valence-electron chi connectivity index (χ1n) is 8.17. The molecule has 0 radical (unpaired) electrons. The second-order valence-electron chi connectivity index (χ2n) is 5.93. The fourth-order valence-electron chi connectivity index (χ4n) is 2.55. The van der Waals surface area contributed by atoms with E-state index in [0.717, 1.165) is 21.7 Å². The van der Waals surface area contributed by atoms with Crippen molar-refractivity contribution in [2.24, 2.45) is 0 Å². The van der Waals surface area contributed by atoms with Gasteiger partial charge in [-0.15, -0.1) is 11.8 Å². The first kappa shape index (κ1) is 18.4. The van der Waals surface area contributed by atoms with Crippen molar-refractivity contribution in [2.75, 3.05) is 11.1 Å². The van der Waals surface area contributed by atoms with Crippen molar-refractivity contribution in [1.82, 2.24) is 0 Å². The molecule has 0 spiro atoms. The van der Waals surface area contributed by atoms with Gasteiger partial charge < -0.3 is 11.1 Å². The fourth-order valence-corrected chi connectivity index (χ4v) is 3.82. The predicted molar refractivity (Wildman–Crippen MR) is 111 cm³/mol. The Kier molecular flexibility index (Phi) is 5.86. The molecule has 0 fully saturated rings. The van der Waals surface area contributed by atoms with Crippen molar-refractivity contribution in [3.63, 3.8) is 0 Å². The Morgan fingerprint density at radius 2 is 1.81 bits per heavy atom. The molecule has 0 aliphatic carbocycles. The molecule has 132 valence electrons.